The summed E-state index contributed by atoms with van der Waals surface area (Å²) in [5, 5.41) is 5.11. The number of carbonyl (C=O) groups is 3. The molecular formula is C20H29BrN2O6. The molecule has 2 unspecified atom stereocenters. The molecule has 29 heavy (non-hydrogen) atoms. The molecule has 162 valence electrons. The van der Waals surface area contributed by atoms with Crippen LogP contribution in [0.4, 0.5) is 4.79 Å². The molecule has 0 bridgehead atoms. The van der Waals surface area contributed by atoms with Gasteiger partial charge in [-0.05, 0) is 51.0 Å². The van der Waals surface area contributed by atoms with Gasteiger partial charge in [-0.1, -0.05) is 29.8 Å². The van der Waals surface area contributed by atoms with Crippen molar-refractivity contribution >= 4 is 33.9 Å². The number of halogens is 1. The summed E-state index contributed by atoms with van der Waals surface area (Å²) in [6.45, 7) is 8.54. The predicted octanol–water partition coefficient (Wildman–Crippen LogP) is 3.04. The Bertz CT molecular complexity index is 700. The van der Waals surface area contributed by atoms with E-state index in [0.717, 1.165) is 4.47 Å². The van der Waals surface area contributed by atoms with E-state index in [1.807, 2.05) is 0 Å². The molecule has 1 aromatic rings. The molecule has 2 atom stereocenters. The number of ether oxygens (including phenoxy) is 3. The molecule has 0 aliphatic carbocycles. The Balaban J connectivity index is 2.91. The maximum Gasteiger partial charge on any atom is 0.408 e. The van der Waals surface area contributed by atoms with Crippen LogP contribution in [0.3, 0.4) is 0 Å². The lowest BCUT2D eigenvalue weighted by Gasteiger charge is -2.26. The number of alkyl carbamates (subject to hydrolysis) is 1. The van der Waals surface area contributed by atoms with Crippen LogP contribution in [0, 0.1) is 5.92 Å². The molecule has 0 heterocycles. The highest BCUT2D eigenvalue weighted by Gasteiger charge is 2.31. The molecule has 2 amide bonds. The van der Waals surface area contributed by atoms with E-state index in [2.05, 4.69) is 26.6 Å². The molecule has 0 spiro atoms. The maximum atomic E-state index is 12.8. The summed E-state index contributed by atoms with van der Waals surface area (Å²) >= 11 is 3.33. The molecule has 0 saturated heterocycles. The fourth-order valence-corrected chi connectivity index (χ4v) is 2.49. The van der Waals surface area contributed by atoms with Gasteiger partial charge in [0.05, 0.1) is 7.11 Å². The minimum atomic E-state index is -1.08. The molecule has 2 N–H and O–H groups in total. The number of rotatable bonds is 8. The van der Waals surface area contributed by atoms with Crippen molar-refractivity contribution in [3.8, 4) is 5.75 Å². The number of hydrogen-bond donors (Lipinski definition) is 2. The SMILES string of the molecule is COC(=O)C(NC(=O)C(COc1ccc(Br)cc1)NC(=O)OC(C)(C)C)C(C)C. The van der Waals surface area contributed by atoms with Crippen LogP contribution in [-0.2, 0) is 19.1 Å². The van der Waals surface area contributed by atoms with Crippen LogP contribution < -0.4 is 15.4 Å². The lowest BCUT2D eigenvalue weighted by Crippen LogP contribution is -2.55. The van der Waals surface area contributed by atoms with Gasteiger partial charge in [-0.3, -0.25) is 4.79 Å². The number of hydrogen-bond acceptors (Lipinski definition) is 6. The first-order valence-electron chi connectivity index (χ1n) is 9.19. The molecular weight excluding hydrogens is 444 g/mol. The minimum absolute atomic E-state index is 0.154. The van der Waals surface area contributed by atoms with Crippen LogP contribution in [0.1, 0.15) is 34.6 Å². The van der Waals surface area contributed by atoms with Crippen LogP contribution >= 0.6 is 15.9 Å². The summed E-state index contributed by atoms with van der Waals surface area (Å²) in [6.07, 6.45) is -0.767. The first-order valence-corrected chi connectivity index (χ1v) is 9.98. The largest absolute Gasteiger partial charge is 0.491 e. The van der Waals surface area contributed by atoms with E-state index in [0.29, 0.717) is 5.75 Å². The van der Waals surface area contributed by atoms with Crippen molar-refractivity contribution < 1.29 is 28.6 Å². The molecule has 0 aliphatic heterocycles. The van der Waals surface area contributed by atoms with Gasteiger partial charge in [0.1, 0.15) is 30.0 Å². The van der Waals surface area contributed by atoms with Crippen molar-refractivity contribution in [2.75, 3.05) is 13.7 Å². The van der Waals surface area contributed by atoms with Gasteiger partial charge in [0.2, 0.25) is 5.91 Å². The first kappa shape index (κ1) is 24.7. The number of nitrogens with one attached hydrogen (secondary N) is 2. The fraction of sp³-hybridized carbons (Fsp3) is 0.550. The molecule has 0 fully saturated rings. The van der Waals surface area contributed by atoms with E-state index in [-0.39, 0.29) is 12.5 Å². The standard InChI is InChI=1S/C20H29BrN2O6/c1-12(2)16(18(25)27-6)23-17(24)15(22-19(26)29-20(3,4)5)11-28-14-9-7-13(21)8-10-14/h7-10,12,15-16H,11H2,1-6H3,(H,22,26)(H,23,24). The van der Waals surface area contributed by atoms with Gasteiger partial charge in [-0.2, -0.15) is 0 Å². The summed E-state index contributed by atoms with van der Waals surface area (Å²) in [6, 6.07) is 5.08. The van der Waals surface area contributed by atoms with Crippen LogP contribution in [0.2, 0.25) is 0 Å². The fourth-order valence-electron chi connectivity index (χ4n) is 2.22. The molecule has 8 nitrogen and oxygen atoms in total. The predicted molar refractivity (Wildman–Crippen MR) is 112 cm³/mol. The summed E-state index contributed by atoms with van der Waals surface area (Å²) in [4.78, 5) is 36.9. The van der Waals surface area contributed by atoms with Crippen LogP contribution in [0.5, 0.6) is 5.75 Å². The number of methoxy groups -OCH3 is 1. The minimum Gasteiger partial charge on any atom is -0.491 e. The van der Waals surface area contributed by atoms with Gasteiger partial charge >= 0.3 is 12.1 Å². The third-order valence-electron chi connectivity index (χ3n) is 3.66. The summed E-state index contributed by atoms with van der Waals surface area (Å²) in [7, 11) is 1.25. The third-order valence-corrected chi connectivity index (χ3v) is 4.19. The highest BCUT2D eigenvalue weighted by molar-refractivity contribution is 9.10. The topological polar surface area (TPSA) is 103 Å². The summed E-state index contributed by atoms with van der Waals surface area (Å²) < 4.78 is 16.5. The van der Waals surface area contributed by atoms with Crippen molar-refractivity contribution in [1.82, 2.24) is 10.6 Å². The second-order valence-electron chi connectivity index (χ2n) is 7.72. The Kier molecular flexibility index (Phi) is 9.42. The Morgan fingerprint density at radius 1 is 1.07 bits per heavy atom. The van der Waals surface area contributed by atoms with Crippen LogP contribution in [-0.4, -0.2) is 49.4 Å². The van der Waals surface area contributed by atoms with Crippen LogP contribution in [0.25, 0.3) is 0 Å². The third kappa shape index (κ3) is 9.17. The van der Waals surface area contributed by atoms with E-state index < -0.39 is 35.7 Å². The molecule has 1 rings (SSSR count). The lowest BCUT2D eigenvalue weighted by molar-refractivity contribution is -0.146. The number of amides is 2. The quantitative estimate of drug-likeness (QED) is 0.563. The van der Waals surface area contributed by atoms with Crippen molar-refractivity contribution in [2.24, 2.45) is 5.92 Å². The average molecular weight is 473 g/mol. The molecule has 0 aromatic heterocycles. The van der Waals surface area contributed by atoms with Gasteiger partial charge in [-0.25, -0.2) is 9.59 Å². The van der Waals surface area contributed by atoms with Crippen molar-refractivity contribution in [3.63, 3.8) is 0 Å². The van der Waals surface area contributed by atoms with E-state index in [4.69, 9.17) is 14.2 Å². The van der Waals surface area contributed by atoms with Crippen LogP contribution in [0.15, 0.2) is 28.7 Å². The molecule has 0 aliphatic rings. The van der Waals surface area contributed by atoms with Gasteiger partial charge in [0, 0.05) is 4.47 Å². The summed E-state index contributed by atoms with van der Waals surface area (Å²) in [5.74, 6) is -0.846. The van der Waals surface area contributed by atoms with Crippen molar-refractivity contribution in [2.45, 2.75) is 52.3 Å². The highest BCUT2D eigenvalue weighted by Crippen LogP contribution is 2.16. The Labute approximate surface area is 179 Å². The lowest BCUT2D eigenvalue weighted by atomic mass is 10.0. The van der Waals surface area contributed by atoms with E-state index in [1.165, 1.54) is 7.11 Å². The zero-order chi connectivity index (χ0) is 22.2. The molecule has 0 saturated carbocycles. The van der Waals surface area contributed by atoms with E-state index in [1.54, 1.807) is 58.9 Å². The highest BCUT2D eigenvalue weighted by atomic mass is 79.9. The average Bonchev–Trinajstić information content (AvgIpc) is 2.61. The van der Waals surface area contributed by atoms with Crippen molar-refractivity contribution in [1.29, 1.82) is 0 Å². The zero-order valence-corrected chi connectivity index (χ0v) is 19.2. The molecule has 1 aromatic carbocycles. The second kappa shape index (κ2) is 11.0. The van der Waals surface area contributed by atoms with Gasteiger partial charge < -0.3 is 24.8 Å². The van der Waals surface area contributed by atoms with E-state index >= 15 is 0 Å². The Hall–Kier alpha value is -2.29. The van der Waals surface area contributed by atoms with E-state index in [9.17, 15) is 14.4 Å². The number of benzene rings is 1. The monoisotopic (exact) mass is 472 g/mol. The maximum absolute atomic E-state index is 12.8. The Morgan fingerprint density at radius 2 is 1.66 bits per heavy atom. The normalized spacial score (nSPS) is 13.2. The number of esters is 1. The summed E-state index contributed by atoms with van der Waals surface area (Å²) in [5.41, 5.74) is -0.732. The molecule has 9 heteroatoms. The van der Waals surface area contributed by atoms with Crippen molar-refractivity contribution in [3.05, 3.63) is 28.7 Å². The zero-order valence-electron chi connectivity index (χ0n) is 17.6. The van der Waals surface area contributed by atoms with Gasteiger partial charge in [-0.15, -0.1) is 0 Å². The Morgan fingerprint density at radius 3 is 2.14 bits per heavy atom. The smallest absolute Gasteiger partial charge is 0.408 e. The first-order chi connectivity index (χ1) is 13.4. The van der Waals surface area contributed by atoms with Gasteiger partial charge in [0.15, 0.2) is 0 Å². The molecule has 0 radical (unpaired) electrons. The number of carbonyl (C=O) groups excluding carboxylic acids is 3. The van der Waals surface area contributed by atoms with Gasteiger partial charge in [0.25, 0.3) is 0 Å². The second-order valence-corrected chi connectivity index (χ2v) is 8.63.